The largest absolute Gasteiger partial charge is 0.449 e. The van der Waals surface area contributed by atoms with E-state index in [0.717, 1.165) is 31.7 Å². The highest BCUT2D eigenvalue weighted by Crippen LogP contribution is 2.24. The van der Waals surface area contributed by atoms with Gasteiger partial charge in [-0.2, -0.15) is 0 Å². The summed E-state index contributed by atoms with van der Waals surface area (Å²) >= 11 is 0. The van der Waals surface area contributed by atoms with E-state index in [1.807, 2.05) is 0 Å². The number of nitro benzene ring substituents is 1. The van der Waals surface area contributed by atoms with Crippen molar-refractivity contribution >= 4 is 23.3 Å². The highest BCUT2D eigenvalue weighted by molar-refractivity contribution is 5.98. The van der Waals surface area contributed by atoms with E-state index < -0.39 is 17.0 Å². The van der Waals surface area contributed by atoms with Crippen molar-refractivity contribution in [2.45, 2.75) is 44.8 Å². The van der Waals surface area contributed by atoms with Gasteiger partial charge < -0.3 is 20.1 Å². The second-order valence-corrected chi connectivity index (χ2v) is 6.44. The number of hydrogen-bond donors (Lipinski definition) is 2. The zero-order chi connectivity index (χ0) is 19.8. The lowest BCUT2D eigenvalue weighted by Gasteiger charge is -2.18. The van der Waals surface area contributed by atoms with Crippen LogP contribution in [0.15, 0.2) is 18.2 Å². The summed E-state index contributed by atoms with van der Waals surface area (Å²) in [5.74, 6) is -1.16. The number of nitrogens with zero attached hydrogens (tertiary/aromatic N) is 1. The number of methoxy groups -OCH3 is 1. The summed E-state index contributed by atoms with van der Waals surface area (Å²) in [6.07, 6.45) is 2.99. The van der Waals surface area contributed by atoms with Crippen LogP contribution in [-0.2, 0) is 14.3 Å². The third-order valence-corrected chi connectivity index (χ3v) is 4.41. The Morgan fingerprint density at radius 2 is 2.04 bits per heavy atom. The van der Waals surface area contributed by atoms with Crippen molar-refractivity contribution in [3.8, 4) is 0 Å². The van der Waals surface area contributed by atoms with Gasteiger partial charge >= 0.3 is 5.97 Å². The van der Waals surface area contributed by atoms with Gasteiger partial charge in [0.2, 0.25) is 0 Å². The third kappa shape index (κ3) is 5.92. The van der Waals surface area contributed by atoms with E-state index in [2.05, 4.69) is 10.6 Å². The van der Waals surface area contributed by atoms with Crippen LogP contribution in [0.5, 0.6) is 0 Å². The van der Waals surface area contributed by atoms with E-state index in [9.17, 15) is 19.7 Å². The minimum atomic E-state index is -0.996. The van der Waals surface area contributed by atoms with Crippen LogP contribution in [0.2, 0.25) is 0 Å². The zero-order valence-electron chi connectivity index (χ0n) is 15.5. The molecule has 1 aliphatic rings. The molecule has 27 heavy (non-hydrogen) atoms. The van der Waals surface area contributed by atoms with Gasteiger partial charge in [-0.25, -0.2) is 4.79 Å². The van der Waals surface area contributed by atoms with Gasteiger partial charge in [-0.15, -0.1) is 0 Å². The molecule has 0 spiro atoms. The summed E-state index contributed by atoms with van der Waals surface area (Å²) in [4.78, 5) is 35.2. The molecule has 9 heteroatoms. The Labute approximate surface area is 157 Å². The van der Waals surface area contributed by atoms with Crippen molar-refractivity contribution in [2.75, 3.05) is 25.6 Å². The number of carbonyl (C=O) groups excluding carboxylic acids is 2. The lowest BCUT2D eigenvalue weighted by molar-refractivity contribution is -0.384. The first-order chi connectivity index (χ1) is 12.9. The predicted octanol–water partition coefficient (Wildman–Crippen LogP) is 2.26. The van der Waals surface area contributed by atoms with Gasteiger partial charge in [-0.1, -0.05) is 12.8 Å². The van der Waals surface area contributed by atoms with E-state index >= 15 is 0 Å². The van der Waals surface area contributed by atoms with Crippen LogP contribution in [0.25, 0.3) is 0 Å². The molecule has 1 aliphatic carbocycles. The predicted molar refractivity (Wildman–Crippen MR) is 98.7 cm³/mol. The first-order valence-electron chi connectivity index (χ1n) is 8.95. The molecule has 2 N–H and O–H groups in total. The minimum Gasteiger partial charge on any atom is -0.449 e. The van der Waals surface area contributed by atoms with Gasteiger partial charge in [0.25, 0.3) is 11.6 Å². The molecule has 0 heterocycles. The van der Waals surface area contributed by atoms with E-state index in [4.69, 9.17) is 9.47 Å². The molecule has 9 nitrogen and oxygen atoms in total. The van der Waals surface area contributed by atoms with Crippen molar-refractivity contribution in [3.05, 3.63) is 33.9 Å². The second kappa shape index (κ2) is 9.86. The standard InChI is InChI=1S/C18H25N3O6/c1-12(17(22)20-13-5-3-4-6-13)27-18(23)15-11-14(21(24)25)7-8-16(15)19-9-10-26-2/h7-8,11-13,19H,3-6,9-10H2,1-2H3,(H,20,22)/t12-/m1/s1. The first-order valence-corrected chi connectivity index (χ1v) is 8.95. The topological polar surface area (TPSA) is 120 Å². The number of rotatable bonds is 9. The fourth-order valence-corrected chi connectivity index (χ4v) is 2.92. The molecule has 1 atom stereocenters. The van der Waals surface area contributed by atoms with Crippen LogP contribution in [0.4, 0.5) is 11.4 Å². The molecule has 0 bridgehead atoms. The lowest BCUT2D eigenvalue weighted by atomic mass is 10.1. The maximum atomic E-state index is 12.5. The Balaban J connectivity index is 2.08. The quantitative estimate of drug-likeness (QED) is 0.292. The Morgan fingerprint density at radius 1 is 1.33 bits per heavy atom. The van der Waals surface area contributed by atoms with Crippen molar-refractivity contribution in [3.63, 3.8) is 0 Å². The highest BCUT2D eigenvalue weighted by Gasteiger charge is 2.25. The van der Waals surface area contributed by atoms with Crippen LogP contribution in [0, 0.1) is 10.1 Å². The van der Waals surface area contributed by atoms with Gasteiger partial charge in [0.05, 0.1) is 17.1 Å². The average Bonchev–Trinajstić information content (AvgIpc) is 3.14. The Hall–Kier alpha value is -2.68. The average molecular weight is 379 g/mol. The summed E-state index contributed by atoms with van der Waals surface area (Å²) in [5.41, 5.74) is 0.147. The van der Waals surface area contributed by atoms with Crippen LogP contribution in [-0.4, -0.2) is 49.2 Å². The van der Waals surface area contributed by atoms with E-state index in [1.165, 1.54) is 26.2 Å². The molecule has 1 amide bonds. The number of benzene rings is 1. The fraction of sp³-hybridized carbons (Fsp3) is 0.556. The molecular weight excluding hydrogens is 354 g/mol. The molecule has 1 fully saturated rings. The number of anilines is 1. The second-order valence-electron chi connectivity index (χ2n) is 6.44. The summed E-state index contributed by atoms with van der Waals surface area (Å²) in [5, 5.41) is 16.9. The normalized spacial score (nSPS) is 15.2. The molecule has 1 aromatic carbocycles. The van der Waals surface area contributed by atoms with Crippen molar-refractivity contribution < 1.29 is 24.0 Å². The zero-order valence-corrected chi connectivity index (χ0v) is 15.5. The number of nitro groups is 1. The Bertz CT molecular complexity index is 688. The molecular formula is C18H25N3O6. The lowest BCUT2D eigenvalue weighted by Crippen LogP contribution is -2.40. The number of esters is 1. The highest BCUT2D eigenvalue weighted by atomic mass is 16.6. The van der Waals surface area contributed by atoms with Crippen LogP contribution in [0.1, 0.15) is 43.0 Å². The summed E-state index contributed by atoms with van der Waals surface area (Å²) in [6, 6.07) is 3.98. The summed E-state index contributed by atoms with van der Waals surface area (Å²) < 4.78 is 10.2. The van der Waals surface area contributed by atoms with Gasteiger partial charge in [-0.05, 0) is 25.8 Å². The number of ether oxygens (including phenoxy) is 2. The van der Waals surface area contributed by atoms with Gasteiger partial charge in [0, 0.05) is 37.5 Å². The maximum absolute atomic E-state index is 12.5. The molecule has 0 aromatic heterocycles. The maximum Gasteiger partial charge on any atom is 0.341 e. The van der Waals surface area contributed by atoms with Crippen molar-refractivity contribution in [1.82, 2.24) is 5.32 Å². The summed E-state index contributed by atoms with van der Waals surface area (Å²) in [6.45, 7) is 2.29. The number of nitrogens with one attached hydrogen (secondary N) is 2. The Kier molecular flexibility index (Phi) is 7.54. The van der Waals surface area contributed by atoms with Crippen LogP contribution < -0.4 is 10.6 Å². The number of hydrogen-bond acceptors (Lipinski definition) is 7. The van der Waals surface area contributed by atoms with Crippen LogP contribution >= 0.6 is 0 Å². The van der Waals surface area contributed by atoms with E-state index in [0.29, 0.717) is 18.8 Å². The first kappa shape index (κ1) is 20.6. The Morgan fingerprint density at radius 3 is 2.67 bits per heavy atom. The molecule has 1 saturated carbocycles. The minimum absolute atomic E-state index is 0.000759. The smallest absolute Gasteiger partial charge is 0.341 e. The molecule has 0 saturated heterocycles. The molecule has 0 aliphatic heterocycles. The molecule has 0 radical (unpaired) electrons. The number of non-ortho nitro benzene ring substituents is 1. The molecule has 1 aromatic rings. The van der Waals surface area contributed by atoms with Gasteiger partial charge in [0.1, 0.15) is 0 Å². The summed E-state index contributed by atoms with van der Waals surface area (Å²) in [7, 11) is 1.54. The molecule has 0 unspecified atom stereocenters. The molecule has 148 valence electrons. The molecule has 2 rings (SSSR count). The van der Waals surface area contributed by atoms with Crippen molar-refractivity contribution in [2.24, 2.45) is 0 Å². The third-order valence-electron chi connectivity index (χ3n) is 4.41. The van der Waals surface area contributed by atoms with E-state index in [-0.39, 0.29) is 23.2 Å². The number of carbonyl (C=O) groups is 2. The number of amides is 1. The van der Waals surface area contributed by atoms with Gasteiger partial charge in [-0.3, -0.25) is 14.9 Å². The monoisotopic (exact) mass is 379 g/mol. The van der Waals surface area contributed by atoms with E-state index in [1.54, 1.807) is 0 Å². The van der Waals surface area contributed by atoms with Crippen molar-refractivity contribution in [1.29, 1.82) is 0 Å². The fourth-order valence-electron chi connectivity index (χ4n) is 2.92. The van der Waals surface area contributed by atoms with Gasteiger partial charge in [0.15, 0.2) is 6.10 Å². The SMILES string of the molecule is COCCNc1ccc([N+](=O)[O-])cc1C(=O)O[C@H](C)C(=O)NC1CCCC1. The van der Waals surface area contributed by atoms with Crippen LogP contribution in [0.3, 0.4) is 0 Å².